The fourth-order valence-corrected chi connectivity index (χ4v) is 3.71. The summed E-state index contributed by atoms with van der Waals surface area (Å²) in [5.41, 5.74) is 1.79. The van der Waals surface area contributed by atoms with Crippen LogP contribution in [0.5, 0.6) is 5.75 Å². The summed E-state index contributed by atoms with van der Waals surface area (Å²) >= 11 is 0. The summed E-state index contributed by atoms with van der Waals surface area (Å²) in [4.78, 5) is 16.9. The van der Waals surface area contributed by atoms with Crippen molar-refractivity contribution in [3.63, 3.8) is 0 Å². The van der Waals surface area contributed by atoms with Crippen LogP contribution >= 0.6 is 0 Å². The predicted octanol–water partition coefficient (Wildman–Crippen LogP) is 3.11. The number of piperazine rings is 1. The van der Waals surface area contributed by atoms with Gasteiger partial charge in [-0.15, -0.1) is 0 Å². The third-order valence-electron chi connectivity index (χ3n) is 5.06. The van der Waals surface area contributed by atoms with Gasteiger partial charge in [0.15, 0.2) is 0 Å². The van der Waals surface area contributed by atoms with Crippen LogP contribution in [0.3, 0.4) is 0 Å². The van der Waals surface area contributed by atoms with Crippen LogP contribution in [0.1, 0.15) is 28.4 Å². The number of fused-ring (bicyclic) bond motifs is 1. The second-order valence-corrected chi connectivity index (χ2v) is 6.53. The molecule has 2 aromatic carbocycles. The molecule has 4 rings (SSSR count). The van der Waals surface area contributed by atoms with Crippen molar-refractivity contribution in [1.29, 1.82) is 0 Å². The van der Waals surface area contributed by atoms with E-state index in [-0.39, 0.29) is 11.7 Å². The van der Waals surface area contributed by atoms with E-state index in [0.717, 1.165) is 31.9 Å². The standard InChI is InChI=1S/C20H21FN2O2/c21-16-7-5-15(6-8-16)20(24)23-12-10-22(11-13-23)18-9-14-25-19-4-2-1-3-17(18)19/h1-8,18H,9-14H2. The molecule has 1 atom stereocenters. The summed E-state index contributed by atoms with van der Waals surface area (Å²) < 4.78 is 18.8. The van der Waals surface area contributed by atoms with Crippen LogP contribution in [0, 0.1) is 5.82 Å². The monoisotopic (exact) mass is 340 g/mol. The maximum absolute atomic E-state index is 13.0. The van der Waals surface area contributed by atoms with Gasteiger partial charge in [-0.3, -0.25) is 9.69 Å². The summed E-state index contributed by atoms with van der Waals surface area (Å²) in [5.74, 6) is 0.634. The van der Waals surface area contributed by atoms with Crippen LogP contribution in [0.2, 0.25) is 0 Å². The summed E-state index contributed by atoms with van der Waals surface area (Å²) in [6.07, 6.45) is 0.975. The van der Waals surface area contributed by atoms with Gasteiger partial charge in [0.25, 0.3) is 5.91 Å². The van der Waals surface area contributed by atoms with Crippen molar-refractivity contribution in [3.05, 3.63) is 65.5 Å². The molecule has 1 unspecified atom stereocenters. The molecule has 130 valence electrons. The Kier molecular flexibility index (Phi) is 4.40. The maximum atomic E-state index is 13.0. The summed E-state index contributed by atoms with van der Waals surface area (Å²) in [5, 5.41) is 0. The Morgan fingerprint density at radius 1 is 1.00 bits per heavy atom. The van der Waals surface area contributed by atoms with Gasteiger partial charge in [0, 0.05) is 49.8 Å². The van der Waals surface area contributed by atoms with Crippen molar-refractivity contribution in [3.8, 4) is 5.75 Å². The molecule has 25 heavy (non-hydrogen) atoms. The molecule has 5 heteroatoms. The number of para-hydroxylation sites is 1. The fourth-order valence-electron chi connectivity index (χ4n) is 3.71. The van der Waals surface area contributed by atoms with Crippen molar-refractivity contribution in [2.75, 3.05) is 32.8 Å². The van der Waals surface area contributed by atoms with Gasteiger partial charge in [-0.2, -0.15) is 0 Å². The van der Waals surface area contributed by atoms with Crippen molar-refractivity contribution in [2.45, 2.75) is 12.5 Å². The Balaban J connectivity index is 1.42. The van der Waals surface area contributed by atoms with Gasteiger partial charge in [-0.1, -0.05) is 18.2 Å². The van der Waals surface area contributed by atoms with Crippen LogP contribution in [-0.2, 0) is 0 Å². The molecule has 0 N–H and O–H groups in total. The number of ether oxygens (including phenoxy) is 1. The van der Waals surface area contributed by atoms with Crippen LogP contribution in [0.4, 0.5) is 4.39 Å². The number of carbonyl (C=O) groups is 1. The molecule has 0 spiro atoms. The van der Waals surface area contributed by atoms with E-state index in [1.54, 1.807) is 12.1 Å². The Hall–Kier alpha value is -2.40. The third-order valence-corrected chi connectivity index (χ3v) is 5.06. The minimum Gasteiger partial charge on any atom is -0.493 e. The van der Waals surface area contributed by atoms with Crippen LogP contribution in [-0.4, -0.2) is 48.5 Å². The molecule has 1 amide bonds. The molecule has 1 fully saturated rings. The minimum absolute atomic E-state index is 0.0213. The van der Waals surface area contributed by atoms with Crippen LogP contribution in [0.15, 0.2) is 48.5 Å². The summed E-state index contributed by atoms with van der Waals surface area (Å²) in [7, 11) is 0. The molecule has 0 aliphatic carbocycles. The molecule has 0 aromatic heterocycles. The highest BCUT2D eigenvalue weighted by molar-refractivity contribution is 5.94. The molecule has 1 saturated heterocycles. The molecule has 2 aromatic rings. The Morgan fingerprint density at radius 3 is 2.48 bits per heavy atom. The molecule has 0 saturated carbocycles. The molecule has 2 aliphatic rings. The molecular formula is C20H21FN2O2. The second-order valence-electron chi connectivity index (χ2n) is 6.53. The zero-order valence-corrected chi connectivity index (χ0v) is 14.0. The van der Waals surface area contributed by atoms with Crippen molar-refractivity contribution < 1.29 is 13.9 Å². The molecule has 0 radical (unpaired) electrons. The number of halogens is 1. The van der Waals surface area contributed by atoms with E-state index in [0.29, 0.717) is 24.7 Å². The van der Waals surface area contributed by atoms with Crippen molar-refractivity contribution in [1.82, 2.24) is 9.80 Å². The topological polar surface area (TPSA) is 32.8 Å². The highest BCUT2D eigenvalue weighted by Crippen LogP contribution is 2.36. The van der Waals surface area contributed by atoms with E-state index in [9.17, 15) is 9.18 Å². The number of hydrogen-bond donors (Lipinski definition) is 0. The Labute approximate surface area is 146 Å². The average molecular weight is 340 g/mol. The maximum Gasteiger partial charge on any atom is 0.253 e. The van der Waals surface area contributed by atoms with E-state index in [1.807, 2.05) is 17.0 Å². The molecule has 2 heterocycles. The number of rotatable bonds is 2. The molecule has 2 aliphatic heterocycles. The van der Waals surface area contributed by atoms with E-state index in [2.05, 4.69) is 17.0 Å². The lowest BCUT2D eigenvalue weighted by Gasteiger charge is -2.41. The van der Waals surface area contributed by atoms with Gasteiger partial charge in [0.2, 0.25) is 0 Å². The Bertz CT molecular complexity index is 755. The quantitative estimate of drug-likeness (QED) is 0.842. The lowest BCUT2D eigenvalue weighted by atomic mass is 9.98. The van der Waals surface area contributed by atoms with Crippen molar-refractivity contribution in [2.24, 2.45) is 0 Å². The van der Waals surface area contributed by atoms with E-state index >= 15 is 0 Å². The lowest BCUT2D eigenvalue weighted by molar-refractivity contribution is 0.0510. The van der Waals surface area contributed by atoms with Crippen LogP contribution in [0.25, 0.3) is 0 Å². The first-order chi connectivity index (χ1) is 12.2. The second kappa shape index (κ2) is 6.84. The first-order valence-electron chi connectivity index (χ1n) is 8.73. The largest absolute Gasteiger partial charge is 0.493 e. The lowest BCUT2D eigenvalue weighted by Crippen LogP contribution is -2.50. The average Bonchev–Trinajstić information content (AvgIpc) is 2.68. The van der Waals surface area contributed by atoms with Gasteiger partial charge >= 0.3 is 0 Å². The van der Waals surface area contributed by atoms with E-state index in [4.69, 9.17) is 4.74 Å². The smallest absolute Gasteiger partial charge is 0.253 e. The Morgan fingerprint density at radius 2 is 1.72 bits per heavy atom. The zero-order chi connectivity index (χ0) is 17.2. The summed E-state index contributed by atoms with van der Waals surface area (Å²) in [6, 6.07) is 14.3. The van der Waals surface area contributed by atoms with Gasteiger partial charge < -0.3 is 9.64 Å². The molecular weight excluding hydrogens is 319 g/mol. The third kappa shape index (κ3) is 3.24. The highest BCUT2D eigenvalue weighted by Gasteiger charge is 2.30. The fraction of sp³-hybridized carbons (Fsp3) is 0.350. The minimum atomic E-state index is -0.320. The summed E-state index contributed by atoms with van der Waals surface area (Å²) in [6.45, 7) is 3.79. The number of nitrogens with zero attached hydrogens (tertiary/aromatic N) is 2. The van der Waals surface area contributed by atoms with Gasteiger partial charge in [-0.05, 0) is 30.3 Å². The van der Waals surface area contributed by atoms with Gasteiger partial charge in [-0.25, -0.2) is 4.39 Å². The van der Waals surface area contributed by atoms with E-state index < -0.39 is 0 Å². The first-order valence-corrected chi connectivity index (χ1v) is 8.73. The number of benzene rings is 2. The highest BCUT2D eigenvalue weighted by atomic mass is 19.1. The van der Waals surface area contributed by atoms with Crippen molar-refractivity contribution >= 4 is 5.91 Å². The van der Waals surface area contributed by atoms with E-state index in [1.165, 1.54) is 17.7 Å². The normalized spacial score (nSPS) is 20.7. The van der Waals surface area contributed by atoms with Crippen LogP contribution < -0.4 is 4.74 Å². The van der Waals surface area contributed by atoms with Gasteiger partial charge in [0.1, 0.15) is 11.6 Å². The predicted molar refractivity (Wildman–Crippen MR) is 93.2 cm³/mol. The SMILES string of the molecule is O=C(c1ccc(F)cc1)N1CCN(C2CCOc3ccccc32)CC1. The first kappa shape index (κ1) is 16.1. The number of amides is 1. The zero-order valence-electron chi connectivity index (χ0n) is 14.0. The number of carbonyl (C=O) groups excluding carboxylic acids is 1. The number of hydrogen-bond acceptors (Lipinski definition) is 3. The molecule has 0 bridgehead atoms. The molecule has 4 nitrogen and oxygen atoms in total. The van der Waals surface area contributed by atoms with Gasteiger partial charge in [0.05, 0.1) is 6.61 Å².